The number of rotatable bonds is 4. The maximum atomic E-state index is 10.3. The fraction of sp³-hybridized carbons (Fsp3) is 0.389. The molecule has 1 aromatic carbocycles. The van der Waals surface area contributed by atoms with E-state index < -0.39 is 6.10 Å². The van der Waals surface area contributed by atoms with E-state index >= 15 is 0 Å². The van der Waals surface area contributed by atoms with E-state index in [0.29, 0.717) is 18.5 Å². The minimum atomic E-state index is -0.492. The third-order valence-corrected chi connectivity index (χ3v) is 4.37. The molecule has 2 N–H and O–H groups in total. The van der Waals surface area contributed by atoms with Crippen LogP contribution < -0.4 is 5.32 Å². The van der Waals surface area contributed by atoms with Crippen LogP contribution in [-0.2, 0) is 6.42 Å². The summed E-state index contributed by atoms with van der Waals surface area (Å²) in [6.07, 6.45) is 4.05. The molecule has 3 atom stereocenters. The van der Waals surface area contributed by atoms with Crippen molar-refractivity contribution in [2.75, 3.05) is 6.54 Å². The molecule has 3 nitrogen and oxygen atoms in total. The molecule has 3 rings (SSSR count). The number of aliphatic hydroxyl groups excluding tert-OH is 1. The number of pyridine rings is 1. The molecule has 1 aromatic heterocycles. The van der Waals surface area contributed by atoms with Crippen LogP contribution in [0.2, 0.25) is 0 Å². The zero-order valence-electron chi connectivity index (χ0n) is 12.6. The monoisotopic (exact) mass is 282 g/mol. The number of hydrogen-bond acceptors (Lipinski definition) is 3. The third kappa shape index (κ3) is 2.99. The number of aromatic nitrogens is 1. The normalized spacial score (nSPS) is 22.0. The van der Waals surface area contributed by atoms with E-state index in [1.54, 1.807) is 12.4 Å². The van der Waals surface area contributed by atoms with Crippen molar-refractivity contribution in [3.8, 4) is 0 Å². The first kappa shape index (κ1) is 14.2. The van der Waals surface area contributed by atoms with Gasteiger partial charge in [-0.25, -0.2) is 0 Å². The first-order valence-electron chi connectivity index (χ1n) is 7.56. The summed E-state index contributed by atoms with van der Waals surface area (Å²) in [7, 11) is 0. The molecule has 0 spiro atoms. The number of fused-ring (bicyclic) bond motifs is 1. The highest BCUT2D eigenvalue weighted by molar-refractivity contribution is 5.38. The van der Waals surface area contributed by atoms with Gasteiger partial charge in [-0.1, -0.05) is 30.7 Å². The third-order valence-electron chi connectivity index (χ3n) is 4.37. The highest BCUT2D eigenvalue weighted by Crippen LogP contribution is 2.36. The summed E-state index contributed by atoms with van der Waals surface area (Å²) in [4.78, 5) is 3.99. The fourth-order valence-corrected chi connectivity index (χ4v) is 3.21. The average molecular weight is 282 g/mol. The minimum absolute atomic E-state index is 0.330. The van der Waals surface area contributed by atoms with Crippen LogP contribution in [0.3, 0.4) is 0 Å². The number of benzene rings is 1. The molecule has 0 radical (unpaired) electrons. The highest BCUT2D eigenvalue weighted by atomic mass is 16.3. The van der Waals surface area contributed by atoms with Crippen molar-refractivity contribution in [1.29, 1.82) is 0 Å². The second-order valence-corrected chi connectivity index (χ2v) is 6.07. The number of hydrogen-bond donors (Lipinski definition) is 2. The van der Waals surface area contributed by atoms with Crippen LogP contribution in [0, 0.1) is 12.8 Å². The van der Waals surface area contributed by atoms with Gasteiger partial charge in [0, 0.05) is 25.0 Å². The SMILES string of the molecule is Cc1ccc2c(c1)C(NCC(O)c1ccncc1)C(C)C2. The topological polar surface area (TPSA) is 45.1 Å². The average Bonchev–Trinajstić information content (AvgIpc) is 2.80. The smallest absolute Gasteiger partial charge is 0.0915 e. The van der Waals surface area contributed by atoms with Crippen molar-refractivity contribution >= 4 is 0 Å². The molecule has 1 aliphatic carbocycles. The molecule has 2 aromatic rings. The van der Waals surface area contributed by atoms with E-state index in [4.69, 9.17) is 0 Å². The first-order chi connectivity index (χ1) is 10.1. The van der Waals surface area contributed by atoms with Crippen molar-refractivity contribution in [2.45, 2.75) is 32.4 Å². The van der Waals surface area contributed by atoms with Crippen molar-refractivity contribution in [2.24, 2.45) is 5.92 Å². The van der Waals surface area contributed by atoms with Crippen molar-refractivity contribution in [1.82, 2.24) is 10.3 Å². The molecule has 0 fully saturated rings. The number of aryl methyl sites for hydroxylation is 1. The molecular weight excluding hydrogens is 260 g/mol. The van der Waals surface area contributed by atoms with E-state index in [0.717, 1.165) is 12.0 Å². The molecule has 1 heterocycles. The largest absolute Gasteiger partial charge is 0.387 e. The van der Waals surface area contributed by atoms with Gasteiger partial charge < -0.3 is 10.4 Å². The Morgan fingerprint density at radius 3 is 2.81 bits per heavy atom. The molecule has 1 aliphatic rings. The van der Waals surface area contributed by atoms with Crippen LogP contribution >= 0.6 is 0 Å². The van der Waals surface area contributed by atoms with E-state index in [2.05, 4.69) is 42.3 Å². The van der Waals surface area contributed by atoms with E-state index in [1.165, 1.54) is 16.7 Å². The molecule has 3 unspecified atom stereocenters. The molecule has 0 saturated heterocycles. The summed E-state index contributed by atoms with van der Waals surface area (Å²) in [5, 5.41) is 13.8. The van der Waals surface area contributed by atoms with Gasteiger partial charge in [-0.15, -0.1) is 0 Å². The Hall–Kier alpha value is -1.71. The number of nitrogens with zero attached hydrogens (tertiary/aromatic N) is 1. The molecule has 0 amide bonds. The standard InChI is InChI=1S/C18H22N2O/c1-12-3-4-15-10-13(2)18(16(15)9-12)20-11-17(21)14-5-7-19-8-6-14/h3-9,13,17-18,20-21H,10-11H2,1-2H3. The van der Waals surface area contributed by atoms with Crippen molar-refractivity contribution in [3.05, 3.63) is 65.0 Å². The molecule has 0 saturated carbocycles. The second-order valence-electron chi connectivity index (χ2n) is 6.07. The summed E-state index contributed by atoms with van der Waals surface area (Å²) in [5.41, 5.74) is 5.03. The number of nitrogens with one attached hydrogen (secondary N) is 1. The lowest BCUT2D eigenvalue weighted by molar-refractivity contribution is 0.166. The van der Waals surface area contributed by atoms with Crippen LogP contribution in [-0.4, -0.2) is 16.6 Å². The van der Waals surface area contributed by atoms with Crippen molar-refractivity contribution < 1.29 is 5.11 Å². The Morgan fingerprint density at radius 2 is 2.05 bits per heavy atom. The van der Waals surface area contributed by atoms with Crippen LogP contribution in [0.1, 0.15) is 41.3 Å². The van der Waals surface area contributed by atoms with Gasteiger partial charge in [-0.05, 0) is 48.1 Å². The summed E-state index contributed by atoms with van der Waals surface area (Å²) >= 11 is 0. The van der Waals surface area contributed by atoms with E-state index in [1.807, 2.05) is 12.1 Å². The summed E-state index contributed by atoms with van der Waals surface area (Å²) in [5.74, 6) is 0.562. The van der Waals surface area contributed by atoms with Crippen LogP contribution in [0.25, 0.3) is 0 Å². The molecule has 0 bridgehead atoms. The van der Waals surface area contributed by atoms with Gasteiger partial charge in [0.15, 0.2) is 0 Å². The van der Waals surface area contributed by atoms with E-state index in [9.17, 15) is 5.11 Å². The second kappa shape index (κ2) is 5.96. The highest BCUT2D eigenvalue weighted by Gasteiger charge is 2.29. The van der Waals surface area contributed by atoms with Gasteiger partial charge >= 0.3 is 0 Å². The van der Waals surface area contributed by atoms with E-state index in [-0.39, 0.29) is 0 Å². The van der Waals surface area contributed by atoms with Crippen molar-refractivity contribution in [3.63, 3.8) is 0 Å². The quantitative estimate of drug-likeness (QED) is 0.906. The van der Waals surface area contributed by atoms with Gasteiger partial charge in [-0.3, -0.25) is 4.98 Å². The van der Waals surface area contributed by atoms with Gasteiger partial charge in [0.25, 0.3) is 0 Å². The lowest BCUT2D eigenvalue weighted by atomic mass is 10.0. The van der Waals surface area contributed by atoms with Gasteiger partial charge in [0.1, 0.15) is 0 Å². The lowest BCUT2D eigenvalue weighted by Gasteiger charge is -2.21. The minimum Gasteiger partial charge on any atom is -0.387 e. The van der Waals surface area contributed by atoms with Crippen LogP contribution in [0.4, 0.5) is 0 Å². The molecular formula is C18H22N2O. The molecule has 3 heteroatoms. The van der Waals surface area contributed by atoms with Gasteiger partial charge in [0.05, 0.1) is 6.10 Å². The first-order valence-corrected chi connectivity index (χ1v) is 7.56. The molecule has 110 valence electrons. The van der Waals surface area contributed by atoms with Gasteiger partial charge in [0.2, 0.25) is 0 Å². The predicted octanol–water partition coefficient (Wildman–Crippen LogP) is 2.95. The number of aliphatic hydroxyl groups is 1. The fourth-order valence-electron chi connectivity index (χ4n) is 3.21. The Morgan fingerprint density at radius 1 is 1.29 bits per heavy atom. The Kier molecular flexibility index (Phi) is 4.04. The summed E-state index contributed by atoms with van der Waals surface area (Å²) in [6.45, 7) is 4.96. The van der Waals surface area contributed by atoms with Crippen LogP contribution in [0.15, 0.2) is 42.7 Å². The maximum absolute atomic E-state index is 10.3. The Bertz CT molecular complexity index is 612. The zero-order valence-corrected chi connectivity index (χ0v) is 12.6. The van der Waals surface area contributed by atoms with Gasteiger partial charge in [-0.2, -0.15) is 0 Å². The summed E-state index contributed by atoms with van der Waals surface area (Å²) < 4.78 is 0. The molecule has 21 heavy (non-hydrogen) atoms. The van der Waals surface area contributed by atoms with Crippen LogP contribution in [0.5, 0.6) is 0 Å². The maximum Gasteiger partial charge on any atom is 0.0915 e. The zero-order chi connectivity index (χ0) is 14.8. The predicted molar refractivity (Wildman–Crippen MR) is 84.0 cm³/mol. The summed E-state index contributed by atoms with van der Waals surface area (Å²) in [6, 6.07) is 10.7. The Labute approximate surface area is 126 Å². The lowest BCUT2D eigenvalue weighted by Crippen LogP contribution is -2.28. The molecule has 0 aliphatic heterocycles. The Balaban J connectivity index is 1.70.